The van der Waals surface area contributed by atoms with Crippen LogP contribution in [0.1, 0.15) is 17.4 Å². The van der Waals surface area contributed by atoms with Crippen molar-refractivity contribution >= 4 is 21.7 Å². The van der Waals surface area contributed by atoms with Crippen molar-refractivity contribution in [2.75, 3.05) is 20.6 Å². The molecule has 0 aliphatic carbocycles. The summed E-state index contributed by atoms with van der Waals surface area (Å²) in [6.45, 7) is 3.18. The number of ketones is 1. The van der Waals surface area contributed by atoms with E-state index in [1.54, 1.807) is 17.8 Å². The van der Waals surface area contributed by atoms with Crippen molar-refractivity contribution in [2.24, 2.45) is 5.73 Å². The van der Waals surface area contributed by atoms with E-state index in [1.807, 2.05) is 19.0 Å². The Hall–Kier alpha value is -0.720. The minimum Gasteiger partial charge on any atom is -0.321 e. The van der Waals surface area contributed by atoms with Gasteiger partial charge in [0.05, 0.1) is 23.3 Å². The van der Waals surface area contributed by atoms with Crippen molar-refractivity contribution < 1.29 is 4.79 Å². The fraction of sp³-hybridized carbons (Fsp3) is 0.600. The van der Waals surface area contributed by atoms with Gasteiger partial charge in [0.2, 0.25) is 0 Å². The molecule has 1 unspecified atom stereocenters. The highest BCUT2D eigenvalue weighted by Gasteiger charge is 2.19. The second-order valence-electron chi connectivity index (χ2n) is 4.02. The normalized spacial score (nSPS) is 13.1. The average Bonchev–Trinajstić information content (AvgIpc) is 2.55. The number of likely N-dealkylation sites (N-methyl/N-ethyl adjacent to an activating group) is 1. The molecular weight excluding hydrogens is 272 g/mol. The van der Waals surface area contributed by atoms with Gasteiger partial charge in [0.15, 0.2) is 5.78 Å². The summed E-state index contributed by atoms with van der Waals surface area (Å²) < 4.78 is 2.39. The fourth-order valence-electron chi connectivity index (χ4n) is 1.29. The summed E-state index contributed by atoms with van der Waals surface area (Å²) in [4.78, 5) is 13.9. The fourth-order valence-corrected chi connectivity index (χ4v) is 1.78. The molecule has 2 N–H and O–H groups in total. The number of rotatable bonds is 5. The van der Waals surface area contributed by atoms with E-state index in [9.17, 15) is 4.79 Å². The number of nitrogens with two attached hydrogens (primary N) is 1. The van der Waals surface area contributed by atoms with Crippen LogP contribution < -0.4 is 5.73 Å². The maximum Gasteiger partial charge on any atom is 0.198 e. The van der Waals surface area contributed by atoms with Gasteiger partial charge in [-0.25, -0.2) is 0 Å². The second-order valence-corrected chi connectivity index (χ2v) is 4.87. The Labute approximate surface area is 104 Å². The van der Waals surface area contributed by atoms with Crippen molar-refractivity contribution in [3.05, 3.63) is 16.4 Å². The number of carbonyl (C=O) groups excluding carboxylic acids is 1. The van der Waals surface area contributed by atoms with Gasteiger partial charge in [-0.15, -0.1) is 0 Å². The minimum atomic E-state index is -0.508. The third-order valence-corrected chi connectivity index (χ3v) is 2.78. The van der Waals surface area contributed by atoms with Crippen LogP contribution in [-0.2, 0) is 6.54 Å². The Morgan fingerprint density at radius 1 is 1.69 bits per heavy atom. The van der Waals surface area contributed by atoms with Crippen LogP contribution in [0.25, 0.3) is 0 Å². The number of carbonyl (C=O) groups is 1. The lowest BCUT2D eigenvalue weighted by molar-refractivity contribution is 0.0955. The quantitative estimate of drug-likeness (QED) is 0.812. The van der Waals surface area contributed by atoms with E-state index >= 15 is 0 Å². The van der Waals surface area contributed by atoms with E-state index in [0.29, 0.717) is 16.7 Å². The van der Waals surface area contributed by atoms with Gasteiger partial charge in [0, 0.05) is 6.54 Å². The third kappa shape index (κ3) is 3.13. The minimum absolute atomic E-state index is 0.0943. The van der Waals surface area contributed by atoms with Gasteiger partial charge < -0.3 is 10.6 Å². The van der Waals surface area contributed by atoms with Gasteiger partial charge in [-0.2, -0.15) is 5.10 Å². The lowest BCUT2D eigenvalue weighted by Gasteiger charge is -2.12. The summed E-state index contributed by atoms with van der Waals surface area (Å²) in [5, 5.41) is 4.16. The molecule has 0 radical (unpaired) electrons. The predicted octanol–water partition coefficient (Wildman–Crippen LogP) is 0.737. The first kappa shape index (κ1) is 13.3. The Morgan fingerprint density at radius 3 is 2.81 bits per heavy atom. The summed E-state index contributed by atoms with van der Waals surface area (Å²) in [5.41, 5.74) is 6.15. The SMILES string of the molecule is CC(N)C(=O)c1c(Br)cnn1CCN(C)C. The Kier molecular flexibility index (Phi) is 4.64. The maximum absolute atomic E-state index is 11.9. The first-order chi connectivity index (χ1) is 7.43. The summed E-state index contributed by atoms with van der Waals surface area (Å²) in [7, 11) is 3.96. The number of hydrogen-bond donors (Lipinski definition) is 1. The molecular formula is C10H17BrN4O. The molecule has 16 heavy (non-hydrogen) atoms. The van der Waals surface area contributed by atoms with Crippen LogP contribution in [0.4, 0.5) is 0 Å². The molecule has 0 aliphatic heterocycles. The first-order valence-electron chi connectivity index (χ1n) is 5.09. The molecule has 0 saturated heterocycles. The Bertz CT molecular complexity index is 373. The van der Waals surface area contributed by atoms with E-state index in [0.717, 1.165) is 6.54 Å². The predicted molar refractivity (Wildman–Crippen MR) is 66.5 cm³/mol. The smallest absolute Gasteiger partial charge is 0.198 e. The number of aromatic nitrogens is 2. The molecule has 0 aromatic carbocycles. The second kappa shape index (κ2) is 5.56. The van der Waals surface area contributed by atoms with Crippen LogP contribution >= 0.6 is 15.9 Å². The van der Waals surface area contributed by atoms with Crippen molar-refractivity contribution in [2.45, 2.75) is 19.5 Å². The van der Waals surface area contributed by atoms with Crippen LogP contribution in [0.15, 0.2) is 10.7 Å². The van der Waals surface area contributed by atoms with E-state index in [1.165, 1.54) is 0 Å². The van der Waals surface area contributed by atoms with Crippen molar-refractivity contribution in [3.8, 4) is 0 Å². The molecule has 1 heterocycles. The number of hydrogen-bond acceptors (Lipinski definition) is 4. The van der Waals surface area contributed by atoms with E-state index in [4.69, 9.17) is 5.73 Å². The maximum atomic E-state index is 11.9. The van der Waals surface area contributed by atoms with Crippen molar-refractivity contribution in [3.63, 3.8) is 0 Å². The summed E-state index contributed by atoms with van der Waals surface area (Å²) >= 11 is 3.32. The molecule has 1 aromatic heterocycles. The molecule has 0 aliphatic rings. The third-order valence-electron chi connectivity index (χ3n) is 2.20. The molecule has 0 amide bonds. The molecule has 5 nitrogen and oxygen atoms in total. The highest BCUT2D eigenvalue weighted by atomic mass is 79.9. The molecule has 1 aromatic rings. The van der Waals surface area contributed by atoms with Crippen molar-refractivity contribution in [1.82, 2.24) is 14.7 Å². The van der Waals surface area contributed by atoms with Crippen molar-refractivity contribution in [1.29, 1.82) is 0 Å². The number of halogens is 1. The lowest BCUT2D eigenvalue weighted by atomic mass is 10.2. The first-order valence-corrected chi connectivity index (χ1v) is 5.88. The van der Waals surface area contributed by atoms with Gasteiger partial charge in [-0.1, -0.05) is 0 Å². The summed E-state index contributed by atoms with van der Waals surface area (Å²) in [6, 6.07) is -0.508. The van der Waals surface area contributed by atoms with Gasteiger partial charge in [-0.3, -0.25) is 9.48 Å². The monoisotopic (exact) mass is 288 g/mol. The van der Waals surface area contributed by atoms with Gasteiger partial charge in [0.25, 0.3) is 0 Å². The average molecular weight is 289 g/mol. The highest BCUT2D eigenvalue weighted by molar-refractivity contribution is 9.10. The molecule has 6 heteroatoms. The zero-order valence-electron chi connectivity index (χ0n) is 9.77. The summed E-state index contributed by atoms with van der Waals surface area (Å²) in [6.07, 6.45) is 1.63. The zero-order chi connectivity index (χ0) is 12.3. The van der Waals surface area contributed by atoms with Gasteiger partial charge >= 0.3 is 0 Å². The number of nitrogens with zero attached hydrogens (tertiary/aromatic N) is 3. The molecule has 0 spiro atoms. The number of Topliss-reactive ketones (excluding diaryl/α,β-unsaturated/α-hetero) is 1. The standard InChI is InChI=1S/C10H17BrN4O/c1-7(12)10(16)9-8(11)6-13-15(9)5-4-14(2)3/h6-7H,4-5,12H2,1-3H3. The largest absolute Gasteiger partial charge is 0.321 e. The van der Waals surface area contributed by atoms with Crippen LogP contribution in [0, 0.1) is 0 Å². The zero-order valence-corrected chi connectivity index (χ0v) is 11.4. The van der Waals surface area contributed by atoms with Gasteiger partial charge in [0.1, 0.15) is 5.69 Å². The van der Waals surface area contributed by atoms with Crippen LogP contribution in [0.2, 0.25) is 0 Å². The van der Waals surface area contributed by atoms with Gasteiger partial charge in [-0.05, 0) is 36.9 Å². The molecule has 0 bridgehead atoms. The lowest BCUT2D eigenvalue weighted by Crippen LogP contribution is -2.30. The Balaban J connectivity index is 2.90. The molecule has 90 valence electrons. The molecule has 0 fully saturated rings. The topological polar surface area (TPSA) is 64.2 Å². The molecule has 1 rings (SSSR count). The van der Waals surface area contributed by atoms with E-state index in [-0.39, 0.29) is 5.78 Å². The van der Waals surface area contributed by atoms with Crippen LogP contribution in [0.5, 0.6) is 0 Å². The van der Waals surface area contributed by atoms with E-state index < -0.39 is 6.04 Å². The molecule has 1 atom stereocenters. The molecule has 0 saturated carbocycles. The highest BCUT2D eigenvalue weighted by Crippen LogP contribution is 2.17. The van der Waals surface area contributed by atoms with Crippen LogP contribution in [-0.4, -0.2) is 47.1 Å². The Morgan fingerprint density at radius 2 is 2.31 bits per heavy atom. The van der Waals surface area contributed by atoms with E-state index in [2.05, 4.69) is 21.0 Å². The summed E-state index contributed by atoms with van der Waals surface area (Å²) in [5.74, 6) is -0.0943. The van der Waals surface area contributed by atoms with Crippen LogP contribution in [0.3, 0.4) is 0 Å².